The van der Waals surface area contributed by atoms with Crippen molar-refractivity contribution in [3.8, 4) is 0 Å². The Bertz CT molecular complexity index is 404. The number of morpholine rings is 1. The minimum absolute atomic E-state index is 0.0662. The maximum Gasteiger partial charge on any atom is 0.0700 e. The van der Waals surface area contributed by atoms with E-state index in [1.54, 1.807) is 0 Å². The molecule has 1 aliphatic heterocycles. The molecule has 0 aliphatic carbocycles. The highest BCUT2D eigenvalue weighted by molar-refractivity contribution is 5.25. The summed E-state index contributed by atoms with van der Waals surface area (Å²) in [5.41, 5.74) is 9.06. The van der Waals surface area contributed by atoms with Gasteiger partial charge in [0, 0.05) is 25.2 Å². The smallest absolute Gasteiger partial charge is 0.0700 e. The van der Waals surface area contributed by atoms with E-state index >= 15 is 0 Å². The zero-order valence-electron chi connectivity index (χ0n) is 13.0. The average molecular weight is 276 g/mol. The molecule has 112 valence electrons. The third kappa shape index (κ3) is 3.60. The minimum atomic E-state index is 0.0662. The van der Waals surface area contributed by atoms with Crippen molar-refractivity contribution in [2.24, 2.45) is 5.73 Å². The van der Waals surface area contributed by atoms with E-state index in [0.717, 1.165) is 32.5 Å². The number of aryl methyl sites for hydroxylation is 1. The van der Waals surface area contributed by atoms with Crippen LogP contribution in [0, 0.1) is 0 Å². The fraction of sp³-hybridized carbons (Fsp3) is 0.647. The molecule has 0 spiro atoms. The van der Waals surface area contributed by atoms with Crippen molar-refractivity contribution in [2.75, 3.05) is 19.7 Å². The fourth-order valence-corrected chi connectivity index (χ4v) is 2.84. The van der Waals surface area contributed by atoms with Gasteiger partial charge in [0.2, 0.25) is 0 Å². The highest BCUT2D eigenvalue weighted by Crippen LogP contribution is 2.21. The van der Waals surface area contributed by atoms with Gasteiger partial charge >= 0.3 is 0 Å². The lowest BCUT2D eigenvalue weighted by Crippen LogP contribution is -2.49. The Morgan fingerprint density at radius 3 is 2.60 bits per heavy atom. The molecule has 2 rings (SSSR count). The van der Waals surface area contributed by atoms with E-state index in [9.17, 15) is 0 Å². The number of rotatable bonds is 5. The zero-order chi connectivity index (χ0) is 14.5. The van der Waals surface area contributed by atoms with Crippen LogP contribution in [0.4, 0.5) is 0 Å². The van der Waals surface area contributed by atoms with Gasteiger partial charge in [-0.15, -0.1) is 0 Å². The second-order valence-corrected chi connectivity index (χ2v) is 5.76. The van der Waals surface area contributed by atoms with Crippen LogP contribution in [0.1, 0.15) is 44.4 Å². The van der Waals surface area contributed by atoms with Crippen LogP contribution < -0.4 is 5.73 Å². The van der Waals surface area contributed by atoms with Crippen molar-refractivity contribution in [1.29, 1.82) is 0 Å². The van der Waals surface area contributed by atoms with Crippen molar-refractivity contribution in [2.45, 2.75) is 51.8 Å². The molecule has 1 aromatic carbocycles. The normalized spacial score (nSPS) is 23.5. The summed E-state index contributed by atoms with van der Waals surface area (Å²) in [7, 11) is 0. The van der Waals surface area contributed by atoms with Gasteiger partial charge in [-0.3, -0.25) is 4.90 Å². The molecule has 20 heavy (non-hydrogen) atoms. The first-order chi connectivity index (χ1) is 9.65. The first-order valence-corrected chi connectivity index (χ1v) is 7.85. The number of ether oxygens (including phenoxy) is 1. The Balaban J connectivity index is 2.01. The van der Waals surface area contributed by atoms with Gasteiger partial charge < -0.3 is 10.5 Å². The Hall–Kier alpha value is -0.900. The molecule has 0 bridgehead atoms. The number of benzene rings is 1. The molecular formula is C17H28N2O. The van der Waals surface area contributed by atoms with Crippen LogP contribution in [-0.4, -0.2) is 36.7 Å². The lowest BCUT2D eigenvalue weighted by Gasteiger charge is -2.39. The Kier molecular flexibility index (Phi) is 5.58. The minimum Gasteiger partial charge on any atom is -0.376 e. The summed E-state index contributed by atoms with van der Waals surface area (Å²) in [5.74, 6) is 0. The largest absolute Gasteiger partial charge is 0.376 e. The van der Waals surface area contributed by atoms with E-state index in [4.69, 9.17) is 10.5 Å². The average Bonchev–Trinajstić information content (AvgIpc) is 2.53. The number of nitrogens with zero attached hydrogens (tertiary/aromatic N) is 1. The SMILES string of the molecule is CCc1ccc(C(N)C(C)N2CCOC(CC)C2)cc1. The van der Waals surface area contributed by atoms with Crippen molar-refractivity contribution in [1.82, 2.24) is 4.90 Å². The fourth-order valence-electron chi connectivity index (χ4n) is 2.84. The van der Waals surface area contributed by atoms with Gasteiger partial charge in [0.05, 0.1) is 12.7 Å². The molecular weight excluding hydrogens is 248 g/mol. The predicted molar refractivity (Wildman–Crippen MR) is 83.8 cm³/mol. The van der Waals surface area contributed by atoms with Gasteiger partial charge in [-0.25, -0.2) is 0 Å². The van der Waals surface area contributed by atoms with Crippen molar-refractivity contribution in [3.05, 3.63) is 35.4 Å². The van der Waals surface area contributed by atoms with E-state index in [1.807, 2.05) is 0 Å². The summed E-state index contributed by atoms with van der Waals surface area (Å²) in [5, 5.41) is 0. The molecule has 1 aliphatic rings. The first kappa shape index (κ1) is 15.5. The number of hydrogen-bond donors (Lipinski definition) is 1. The summed E-state index contributed by atoms with van der Waals surface area (Å²) in [6.45, 7) is 9.40. The number of nitrogens with two attached hydrogens (primary N) is 1. The molecule has 3 unspecified atom stereocenters. The van der Waals surface area contributed by atoms with E-state index in [2.05, 4.69) is 49.9 Å². The van der Waals surface area contributed by atoms with Crippen molar-refractivity contribution >= 4 is 0 Å². The second-order valence-electron chi connectivity index (χ2n) is 5.76. The standard InChI is InChI=1S/C17H28N2O/c1-4-14-6-8-15(9-7-14)17(18)13(3)19-10-11-20-16(5-2)12-19/h6-9,13,16-17H,4-5,10-12,18H2,1-3H3. The summed E-state index contributed by atoms with van der Waals surface area (Å²) in [6, 6.07) is 9.15. The van der Waals surface area contributed by atoms with Crippen molar-refractivity contribution < 1.29 is 4.74 Å². The van der Waals surface area contributed by atoms with Crippen LogP contribution in [-0.2, 0) is 11.2 Å². The van der Waals surface area contributed by atoms with Crippen molar-refractivity contribution in [3.63, 3.8) is 0 Å². The molecule has 0 radical (unpaired) electrons. The van der Waals surface area contributed by atoms with Crippen LogP contribution in [0.2, 0.25) is 0 Å². The highest BCUT2D eigenvalue weighted by Gasteiger charge is 2.27. The van der Waals surface area contributed by atoms with E-state index in [1.165, 1.54) is 11.1 Å². The number of hydrogen-bond acceptors (Lipinski definition) is 3. The molecule has 0 saturated carbocycles. The second kappa shape index (κ2) is 7.21. The van der Waals surface area contributed by atoms with Gasteiger partial charge in [-0.05, 0) is 30.9 Å². The van der Waals surface area contributed by atoms with E-state index in [-0.39, 0.29) is 6.04 Å². The monoisotopic (exact) mass is 276 g/mol. The molecule has 1 aromatic rings. The van der Waals surface area contributed by atoms with Crippen LogP contribution in [0.5, 0.6) is 0 Å². The molecule has 1 heterocycles. The molecule has 1 saturated heterocycles. The molecule has 3 heteroatoms. The quantitative estimate of drug-likeness (QED) is 0.898. The third-order valence-corrected chi connectivity index (χ3v) is 4.49. The van der Waals surface area contributed by atoms with Crippen LogP contribution >= 0.6 is 0 Å². The third-order valence-electron chi connectivity index (χ3n) is 4.49. The van der Waals surface area contributed by atoms with Gasteiger partial charge in [0.25, 0.3) is 0 Å². The van der Waals surface area contributed by atoms with Crippen LogP contribution in [0.25, 0.3) is 0 Å². The molecule has 3 nitrogen and oxygen atoms in total. The Morgan fingerprint density at radius 1 is 1.30 bits per heavy atom. The lowest BCUT2D eigenvalue weighted by atomic mass is 9.98. The summed E-state index contributed by atoms with van der Waals surface area (Å²) < 4.78 is 5.74. The van der Waals surface area contributed by atoms with Gasteiger partial charge in [0.1, 0.15) is 0 Å². The van der Waals surface area contributed by atoms with Gasteiger partial charge in [-0.1, -0.05) is 38.1 Å². The molecule has 0 amide bonds. The zero-order valence-corrected chi connectivity index (χ0v) is 13.0. The predicted octanol–water partition coefficient (Wildman–Crippen LogP) is 2.75. The van der Waals surface area contributed by atoms with Gasteiger partial charge in [0.15, 0.2) is 0 Å². The van der Waals surface area contributed by atoms with Crippen LogP contribution in [0.3, 0.4) is 0 Å². The summed E-state index contributed by atoms with van der Waals surface area (Å²) in [4.78, 5) is 2.47. The molecule has 2 N–H and O–H groups in total. The lowest BCUT2D eigenvalue weighted by molar-refractivity contribution is -0.0452. The maximum absolute atomic E-state index is 6.47. The first-order valence-electron chi connectivity index (χ1n) is 7.85. The topological polar surface area (TPSA) is 38.5 Å². The molecule has 3 atom stereocenters. The van der Waals surface area contributed by atoms with E-state index in [0.29, 0.717) is 12.1 Å². The Labute approximate surface area is 123 Å². The van der Waals surface area contributed by atoms with Crippen LogP contribution in [0.15, 0.2) is 24.3 Å². The highest BCUT2D eigenvalue weighted by atomic mass is 16.5. The van der Waals surface area contributed by atoms with Gasteiger partial charge in [-0.2, -0.15) is 0 Å². The maximum atomic E-state index is 6.47. The van der Waals surface area contributed by atoms with E-state index < -0.39 is 0 Å². The summed E-state index contributed by atoms with van der Waals surface area (Å²) in [6.07, 6.45) is 2.51. The molecule has 0 aromatic heterocycles. The summed E-state index contributed by atoms with van der Waals surface area (Å²) >= 11 is 0. The Morgan fingerprint density at radius 2 is 2.00 bits per heavy atom. The molecule has 1 fully saturated rings.